The fourth-order valence-electron chi connectivity index (χ4n) is 1.28. The van der Waals surface area contributed by atoms with Crippen molar-refractivity contribution in [2.45, 2.75) is 0 Å². The number of aromatic carboxylic acids is 1. The van der Waals surface area contributed by atoms with E-state index in [9.17, 15) is 9.90 Å². The molecule has 0 saturated carbocycles. The average Bonchev–Trinajstić information content (AvgIpc) is 2.70. The van der Waals surface area contributed by atoms with Crippen molar-refractivity contribution in [3.05, 3.63) is 34.4 Å². The Labute approximate surface area is 98.9 Å². The Kier molecular flexibility index (Phi) is 2.66. The molecule has 3 N–H and O–H groups in total. The molecule has 82 valence electrons. The van der Waals surface area contributed by atoms with Crippen LogP contribution in [-0.2, 0) is 0 Å². The van der Waals surface area contributed by atoms with E-state index in [0.717, 1.165) is 4.47 Å². The molecule has 0 fully saturated rings. The first-order valence-electron chi connectivity index (χ1n) is 4.35. The number of phenols is 1. The molecule has 0 radical (unpaired) electrons. The number of carboxylic acids is 1. The molecule has 0 bridgehead atoms. The van der Waals surface area contributed by atoms with Gasteiger partial charge in [0.25, 0.3) is 0 Å². The zero-order chi connectivity index (χ0) is 11.7. The largest absolute Gasteiger partial charge is 0.508 e. The quantitative estimate of drug-likeness (QED) is 0.789. The van der Waals surface area contributed by atoms with Crippen molar-refractivity contribution in [3.8, 4) is 17.0 Å². The van der Waals surface area contributed by atoms with Crippen LogP contribution in [0.4, 0.5) is 0 Å². The number of halogens is 1. The van der Waals surface area contributed by atoms with Crippen LogP contribution in [-0.4, -0.2) is 26.4 Å². The van der Waals surface area contributed by atoms with Crippen LogP contribution in [0.3, 0.4) is 0 Å². The SMILES string of the molecule is O=C(O)c1cc(-c2cc(O)ccc2Br)n[nH]1. The summed E-state index contributed by atoms with van der Waals surface area (Å²) < 4.78 is 0.730. The van der Waals surface area contributed by atoms with Crippen LogP contribution in [0.15, 0.2) is 28.7 Å². The van der Waals surface area contributed by atoms with E-state index in [2.05, 4.69) is 26.1 Å². The van der Waals surface area contributed by atoms with E-state index in [4.69, 9.17) is 5.11 Å². The van der Waals surface area contributed by atoms with Gasteiger partial charge in [-0.15, -0.1) is 0 Å². The number of hydrogen-bond donors (Lipinski definition) is 3. The Morgan fingerprint density at radius 3 is 2.75 bits per heavy atom. The summed E-state index contributed by atoms with van der Waals surface area (Å²) in [4.78, 5) is 10.7. The maximum absolute atomic E-state index is 10.7. The molecular weight excluding hydrogens is 276 g/mol. The lowest BCUT2D eigenvalue weighted by Gasteiger charge is -2.00. The molecule has 0 aliphatic carbocycles. The predicted molar refractivity (Wildman–Crippen MR) is 60.3 cm³/mol. The topological polar surface area (TPSA) is 86.2 Å². The number of phenolic OH excluding ortho intramolecular Hbond substituents is 1. The number of carboxylic acid groups (broad SMARTS) is 1. The summed E-state index contributed by atoms with van der Waals surface area (Å²) in [6.45, 7) is 0. The number of nitrogens with zero attached hydrogens (tertiary/aromatic N) is 1. The van der Waals surface area contributed by atoms with Crippen LogP contribution in [0.2, 0.25) is 0 Å². The first-order valence-corrected chi connectivity index (χ1v) is 5.15. The minimum Gasteiger partial charge on any atom is -0.508 e. The summed E-state index contributed by atoms with van der Waals surface area (Å²) in [5.74, 6) is -0.979. The van der Waals surface area contributed by atoms with Crippen molar-refractivity contribution in [1.29, 1.82) is 0 Å². The summed E-state index contributed by atoms with van der Waals surface area (Å²) in [6, 6.07) is 6.10. The molecule has 6 heteroatoms. The normalized spacial score (nSPS) is 10.3. The fourth-order valence-corrected chi connectivity index (χ4v) is 1.73. The van der Waals surface area contributed by atoms with Crippen molar-refractivity contribution >= 4 is 21.9 Å². The summed E-state index contributed by atoms with van der Waals surface area (Å²) in [5, 5.41) is 24.3. The second kappa shape index (κ2) is 3.97. The number of aromatic nitrogens is 2. The number of aromatic amines is 1. The number of aromatic hydroxyl groups is 1. The van der Waals surface area contributed by atoms with E-state index in [1.54, 1.807) is 6.07 Å². The highest BCUT2D eigenvalue weighted by Gasteiger charge is 2.11. The van der Waals surface area contributed by atoms with Gasteiger partial charge in [-0.05, 0) is 24.3 Å². The minimum atomic E-state index is -1.07. The average molecular weight is 283 g/mol. The van der Waals surface area contributed by atoms with E-state index < -0.39 is 5.97 Å². The third kappa shape index (κ3) is 1.92. The Hall–Kier alpha value is -1.82. The first kappa shape index (κ1) is 10.7. The van der Waals surface area contributed by atoms with E-state index >= 15 is 0 Å². The second-order valence-electron chi connectivity index (χ2n) is 3.14. The third-order valence-electron chi connectivity index (χ3n) is 2.03. The van der Waals surface area contributed by atoms with Crippen LogP contribution in [0, 0.1) is 0 Å². The molecule has 0 aliphatic heterocycles. The number of benzene rings is 1. The second-order valence-corrected chi connectivity index (χ2v) is 3.99. The number of nitrogens with one attached hydrogen (secondary N) is 1. The summed E-state index contributed by atoms with van der Waals surface area (Å²) in [5.41, 5.74) is 1.09. The zero-order valence-corrected chi connectivity index (χ0v) is 9.52. The van der Waals surface area contributed by atoms with Crippen molar-refractivity contribution in [3.63, 3.8) is 0 Å². The zero-order valence-electron chi connectivity index (χ0n) is 7.94. The van der Waals surface area contributed by atoms with Crippen LogP contribution in [0.5, 0.6) is 5.75 Å². The van der Waals surface area contributed by atoms with E-state index in [1.165, 1.54) is 18.2 Å². The number of rotatable bonds is 2. The predicted octanol–water partition coefficient (Wildman–Crippen LogP) is 2.24. The minimum absolute atomic E-state index is 0.00485. The van der Waals surface area contributed by atoms with E-state index in [-0.39, 0.29) is 11.4 Å². The van der Waals surface area contributed by atoms with Crippen molar-refractivity contribution in [2.75, 3.05) is 0 Å². The molecule has 16 heavy (non-hydrogen) atoms. The maximum atomic E-state index is 10.7. The van der Waals surface area contributed by atoms with Gasteiger partial charge in [0, 0.05) is 10.0 Å². The standard InChI is InChI=1S/C10H7BrN2O3/c11-7-2-1-5(14)3-6(7)8-4-9(10(15)16)13-12-8/h1-4,14H,(H,12,13)(H,15,16). The lowest BCUT2D eigenvalue weighted by atomic mass is 10.1. The molecule has 0 spiro atoms. The molecular formula is C10H7BrN2O3. The van der Waals surface area contributed by atoms with Gasteiger partial charge in [-0.2, -0.15) is 5.10 Å². The van der Waals surface area contributed by atoms with Gasteiger partial charge in [0.2, 0.25) is 0 Å². The molecule has 1 aromatic heterocycles. The molecule has 0 saturated heterocycles. The Morgan fingerprint density at radius 1 is 1.38 bits per heavy atom. The highest BCUT2D eigenvalue weighted by atomic mass is 79.9. The smallest absolute Gasteiger partial charge is 0.353 e. The Balaban J connectivity index is 2.50. The maximum Gasteiger partial charge on any atom is 0.353 e. The lowest BCUT2D eigenvalue weighted by Crippen LogP contribution is -1.95. The molecule has 0 amide bonds. The molecule has 2 aromatic rings. The van der Waals surface area contributed by atoms with Gasteiger partial charge < -0.3 is 10.2 Å². The number of H-pyrrole nitrogens is 1. The molecule has 0 unspecified atom stereocenters. The van der Waals surface area contributed by atoms with Gasteiger partial charge in [-0.3, -0.25) is 5.10 Å². The van der Waals surface area contributed by atoms with Crippen LogP contribution < -0.4 is 0 Å². The Morgan fingerprint density at radius 2 is 2.12 bits per heavy atom. The molecule has 0 aliphatic rings. The van der Waals surface area contributed by atoms with Crippen molar-refractivity contribution in [2.24, 2.45) is 0 Å². The van der Waals surface area contributed by atoms with Gasteiger partial charge in [-0.1, -0.05) is 15.9 Å². The van der Waals surface area contributed by atoms with Gasteiger partial charge in [-0.25, -0.2) is 4.79 Å². The monoisotopic (exact) mass is 282 g/mol. The van der Waals surface area contributed by atoms with Crippen LogP contribution >= 0.6 is 15.9 Å². The van der Waals surface area contributed by atoms with Gasteiger partial charge >= 0.3 is 5.97 Å². The van der Waals surface area contributed by atoms with Crippen LogP contribution in [0.25, 0.3) is 11.3 Å². The summed E-state index contributed by atoms with van der Waals surface area (Å²) in [7, 11) is 0. The van der Waals surface area contributed by atoms with Gasteiger partial charge in [0.05, 0.1) is 5.69 Å². The van der Waals surface area contributed by atoms with Gasteiger partial charge in [0.15, 0.2) is 0 Å². The van der Waals surface area contributed by atoms with Crippen molar-refractivity contribution < 1.29 is 15.0 Å². The highest BCUT2D eigenvalue weighted by Crippen LogP contribution is 2.30. The van der Waals surface area contributed by atoms with E-state index in [0.29, 0.717) is 11.3 Å². The van der Waals surface area contributed by atoms with Crippen molar-refractivity contribution in [1.82, 2.24) is 10.2 Å². The summed E-state index contributed by atoms with van der Waals surface area (Å²) in [6.07, 6.45) is 0. The molecule has 2 rings (SSSR count). The molecule has 0 atom stereocenters. The lowest BCUT2D eigenvalue weighted by molar-refractivity contribution is 0.0690. The third-order valence-corrected chi connectivity index (χ3v) is 2.73. The number of carbonyl (C=O) groups is 1. The highest BCUT2D eigenvalue weighted by molar-refractivity contribution is 9.10. The molecule has 1 heterocycles. The summed E-state index contributed by atoms with van der Waals surface area (Å²) >= 11 is 3.30. The van der Waals surface area contributed by atoms with Crippen LogP contribution in [0.1, 0.15) is 10.5 Å². The fraction of sp³-hybridized carbons (Fsp3) is 0. The number of hydrogen-bond acceptors (Lipinski definition) is 3. The molecule has 5 nitrogen and oxygen atoms in total. The van der Waals surface area contributed by atoms with E-state index in [1.807, 2.05) is 0 Å². The first-order chi connectivity index (χ1) is 7.58. The Bertz CT molecular complexity index is 551. The van der Waals surface area contributed by atoms with Gasteiger partial charge in [0.1, 0.15) is 11.4 Å². The molecule has 1 aromatic carbocycles.